The van der Waals surface area contributed by atoms with Gasteiger partial charge in [0.1, 0.15) is 12.1 Å². The van der Waals surface area contributed by atoms with Crippen molar-refractivity contribution in [2.45, 2.75) is 45.6 Å². The molecule has 0 bridgehead atoms. The van der Waals surface area contributed by atoms with Crippen molar-refractivity contribution in [1.82, 2.24) is 24.9 Å². The quantitative estimate of drug-likeness (QED) is 0.337. The van der Waals surface area contributed by atoms with E-state index in [1.807, 2.05) is 43.8 Å². The largest absolute Gasteiger partial charge is 0.444 e. The molecule has 1 N–H and O–H groups in total. The van der Waals surface area contributed by atoms with Crippen LogP contribution < -0.4 is 10.2 Å². The SMILES string of the molecule is CN=C(NCCC1CCCN(C(=O)OC(C)(C)C)C1)N1CCN(c2cnn(C)c2)C(=O)C1.I. The van der Waals surface area contributed by atoms with Crippen LogP contribution in [0.3, 0.4) is 0 Å². The lowest BCUT2D eigenvalue weighted by Gasteiger charge is -2.36. The van der Waals surface area contributed by atoms with Crippen molar-refractivity contribution >= 4 is 47.6 Å². The number of ether oxygens (including phenoxy) is 1. The lowest BCUT2D eigenvalue weighted by Crippen LogP contribution is -2.55. The van der Waals surface area contributed by atoms with E-state index in [1.165, 1.54) is 0 Å². The van der Waals surface area contributed by atoms with Gasteiger partial charge in [0.05, 0.1) is 11.9 Å². The van der Waals surface area contributed by atoms with Crippen molar-refractivity contribution in [1.29, 1.82) is 0 Å². The lowest BCUT2D eigenvalue weighted by atomic mass is 9.95. The van der Waals surface area contributed by atoms with Gasteiger partial charge in [0.15, 0.2) is 5.96 Å². The summed E-state index contributed by atoms with van der Waals surface area (Å²) < 4.78 is 7.22. The van der Waals surface area contributed by atoms with E-state index >= 15 is 0 Å². The molecule has 3 rings (SSSR count). The number of nitrogens with one attached hydrogen (secondary N) is 1. The zero-order valence-corrected chi connectivity index (χ0v) is 22.7. The monoisotopic (exact) mass is 575 g/mol. The predicted molar refractivity (Wildman–Crippen MR) is 139 cm³/mol. The molecule has 3 heterocycles. The van der Waals surface area contributed by atoms with Crippen LogP contribution in [0, 0.1) is 5.92 Å². The van der Waals surface area contributed by atoms with Gasteiger partial charge in [-0.1, -0.05) is 0 Å². The van der Waals surface area contributed by atoms with E-state index in [-0.39, 0.29) is 42.5 Å². The van der Waals surface area contributed by atoms with E-state index in [0.717, 1.165) is 50.5 Å². The number of piperidine rings is 1. The van der Waals surface area contributed by atoms with Crippen molar-refractivity contribution in [3.63, 3.8) is 0 Å². The number of likely N-dealkylation sites (tertiary alicyclic amines) is 1. The Morgan fingerprint density at radius 2 is 2.03 bits per heavy atom. The second-order valence-electron chi connectivity index (χ2n) is 9.54. The Kier molecular flexibility index (Phi) is 9.80. The van der Waals surface area contributed by atoms with Crippen molar-refractivity contribution in [2.75, 3.05) is 51.2 Å². The number of piperazine rings is 1. The maximum Gasteiger partial charge on any atom is 0.410 e. The van der Waals surface area contributed by atoms with Gasteiger partial charge in [-0.2, -0.15) is 5.10 Å². The normalized spacial score (nSPS) is 19.9. The molecule has 1 atom stereocenters. The molecule has 33 heavy (non-hydrogen) atoms. The van der Waals surface area contributed by atoms with Crippen LogP contribution in [-0.4, -0.2) is 89.5 Å². The fraction of sp³-hybridized carbons (Fsp3) is 0.727. The van der Waals surface area contributed by atoms with Crippen LogP contribution in [0.2, 0.25) is 0 Å². The van der Waals surface area contributed by atoms with Gasteiger partial charge < -0.3 is 24.8 Å². The predicted octanol–water partition coefficient (Wildman–Crippen LogP) is 2.30. The molecule has 0 aliphatic carbocycles. The van der Waals surface area contributed by atoms with Crippen molar-refractivity contribution in [3.8, 4) is 0 Å². The number of hydrogen-bond donors (Lipinski definition) is 1. The molecule has 0 aromatic carbocycles. The standard InChI is InChI=1S/C22H37N7O3.HI/c1-22(2,3)32-21(31)28-10-6-7-17(14-28)8-9-24-20(23-4)27-11-12-29(19(30)16-27)18-13-25-26(5)15-18;/h13,15,17H,6-12,14,16H2,1-5H3,(H,23,24);1H. The van der Waals surface area contributed by atoms with Gasteiger partial charge in [0.25, 0.3) is 0 Å². The second-order valence-corrected chi connectivity index (χ2v) is 9.54. The summed E-state index contributed by atoms with van der Waals surface area (Å²) in [6.07, 6.45) is 6.36. The first-order valence-corrected chi connectivity index (χ1v) is 11.4. The molecule has 1 unspecified atom stereocenters. The Hall–Kier alpha value is -2.05. The molecule has 10 nitrogen and oxygen atoms in total. The van der Waals surface area contributed by atoms with Crippen molar-refractivity contribution in [3.05, 3.63) is 12.4 Å². The maximum absolute atomic E-state index is 12.7. The summed E-state index contributed by atoms with van der Waals surface area (Å²) in [7, 11) is 3.58. The molecule has 0 spiro atoms. The summed E-state index contributed by atoms with van der Waals surface area (Å²) in [5, 5.41) is 7.56. The topological polar surface area (TPSA) is 95.3 Å². The Bertz CT molecular complexity index is 836. The number of rotatable bonds is 4. The Morgan fingerprint density at radius 3 is 2.64 bits per heavy atom. The van der Waals surface area contributed by atoms with Crippen LogP contribution in [0.15, 0.2) is 17.4 Å². The fourth-order valence-electron chi connectivity index (χ4n) is 4.19. The smallest absolute Gasteiger partial charge is 0.410 e. The highest BCUT2D eigenvalue weighted by molar-refractivity contribution is 14.0. The Morgan fingerprint density at radius 1 is 1.27 bits per heavy atom. The van der Waals surface area contributed by atoms with Crippen LogP contribution in [0.5, 0.6) is 0 Å². The van der Waals surface area contributed by atoms with Gasteiger partial charge in [-0.3, -0.25) is 14.5 Å². The highest BCUT2D eigenvalue weighted by Gasteiger charge is 2.29. The summed E-state index contributed by atoms with van der Waals surface area (Å²) in [6.45, 7) is 9.48. The third kappa shape index (κ3) is 7.75. The molecule has 11 heteroatoms. The second kappa shape index (κ2) is 11.9. The number of guanidine groups is 1. The maximum atomic E-state index is 12.7. The van der Waals surface area contributed by atoms with E-state index < -0.39 is 5.60 Å². The number of aromatic nitrogens is 2. The molecule has 2 aliphatic heterocycles. The van der Waals surface area contributed by atoms with E-state index in [1.54, 1.807) is 22.8 Å². The molecule has 1 aromatic rings. The van der Waals surface area contributed by atoms with Crippen LogP contribution in [-0.2, 0) is 16.6 Å². The number of anilines is 1. The summed E-state index contributed by atoms with van der Waals surface area (Å²) in [4.78, 5) is 35.0. The molecule has 2 fully saturated rings. The first kappa shape index (κ1) is 27.2. The molecule has 1 aromatic heterocycles. The molecule has 2 amide bonds. The number of halogens is 1. The number of carbonyl (C=O) groups is 2. The van der Waals surface area contributed by atoms with Crippen LogP contribution in [0.1, 0.15) is 40.0 Å². The molecular weight excluding hydrogens is 537 g/mol. The third-order valence-corrected chi connectivity index (χ3v) is 5.74. The van der Waals surface area contributed by atoms with Crippen LogP contribution in [0.25, 0.3) is 0 Å². The first-order chi connectivity index (χ1) is 15.2. The number of amides is 2. The van der Waals surface area contributed by atoms with Crippen LogP contribution in [0.4, 0.5) is 10.5 Å². The highest BCUT2D eigenvalue weighted by atomic mass is 127. The van der Waals surface area contributed by atoms with Gasteiger partial charge in [-0.15, -0.1) is 24.0 Å². The average Bonchev–Trinajstić information content (AvgIpc) is 3.16. The average molecular weight is 575 g/mol. The fourth-order valence-corrected chi connectivity index (χ4v) is 4.19. The molecule has 2 saturated heterocycles. The minimum absolute atomic E-state index is 0. The molecule has 0 radical (unpaired) electrons. The van der Waals surface area contributed by atoms with E-state index in [0.29, 0.717) is 19.0 Å². The van der Waals surface area contributed by atoms with E-state index in [9.17, 15) is 9.59 Å². The third-order valence-electron chi connectivity index (χ3n) is 5.74. The molecular formula is C22H38IN7O3. The van der Waals surface area contributed by atoms with Gasteiger partial charge in [-0.25, -0.2) is 4.79 Å². The van der Waals surface area contributed by atoms with Gasteiger partial charge >= 0.3 is 6.09 Å². The minimum atomic E-state index is -0.476. The zero-order chi connectivity index (χ0) is 23.3. The summed E-state index contributed by atoms with van der Waals surface area (Å²) in [5.74, 6) is 1.20. The number of aryl methyl sites for hydroxylation is 1. The highest BCUT2D eigenvalue weighted by Crippen LogP contribution is 2.21. The van der Waals surface area contributed by atoms with Gasteiger partial charge in [0, 0.05) is 53.0 Å². The van der Waals surface area contributed by atoms with Crippen LogP contribution >= 0.6 is 24.0 Å². The first-order valence-electron chi connectivity index (χ1n) is 11.4. The number of carbonyl (C=O) groups excluding carboxylic acids is 2. The van der Waals surface area contributed by atoms with Gasteiger partial charge in [-0.05, 0) is 46.0 Å². The number of aliphatic imine (C=N–C) groups is 1. The summed E-state index contributed by atoms with van der Waals surface area (Å²) in [5.41, 5.74) is 0.350. The lowest BCUT2D eigenvalue weighted by molar-refractivity contribution is -0.120. The van der Waals surface area contributed by atoms with Crippen molar-refractivity contribution < 1.29 is 14.3 Å². The summed E-state index contributed by atoms with van der Waals surface area (Å²) in [6, 6.07) is 0. The zero-order valence-electron chi connectivity index (χ0n) is 20.4. The van der Waals surface area contributed by atoms with E-state index in [2.05, 4.69) is 15.4 Å². The van der Waals surface area contributed by atoms with Crippen molar-refractivity contribution in [2.24, 2.45) is 18.0 Å². The molecule has 2 aliphatic rings. The number of hydrogen-bond acceptors (Lipinski definition) is 5. The Balaban J connectivity index is 0.00000385. The van der Waals surface area contributed by atoms with Gasteiger partial charge in [0.2, 0.25) is 5.91 Å². The number of nitrogens with zero attached hydrogens (tertiary/aromatic N) is 6. The Labute approximate surface area is 213 Å². The minimum Gasteiger partial charge on any atom is -0.444 e. The summed E-state index contributed by atoms with van der Waals surface area (Å²) >= 11 is 0. The van der Waals surface area contributed by atoms with E-state index in [4.69, 9.17) is 4.74 Å². The molecule has 186 valence electrons. The molecule has 0 saturated carbocycles.